The van der Waals surface area contributed by atoms with Crippen LogP contribution in [0.2, 0.25) is 0 Å². The fourth-order valence-corrected chi connectivity index (χ4v) is 3.08. The van der Waals surface area contributed by atoms with Gasteiger partial charge in [0.2, 0.25) is 0 Å². The Bertz CT molecular complexity index is 724. The molecule has 0 atom stereocenters. The molecule has 0 aliphatic carbocycles. The predicted octanol–water partition coefficient (Wildman–Crippen LogP) is 3.57. The zero-order valence-electron chi connectivity index (χ0n) is 14.9. The molecule has 0 radical (unpaired) electrons. The normalized spacial score (nSPS) is 15.0. The third-order valence-corrected chi connectivity index (χ3v) is 4.73. The SMILES string of the molecule is COc1ccccc1CNc1ccnc(C(=O)N2CCC(C)CC2)c1. The summed E-state index contributed by atoms with van der Waals surface area (Å²) in [6.07, 6.45) is 3.82. The highest BCUT2D eigenvalue weighted by Crippen LogP contribution is 2.21. The number of pyridine rings is 1. The van der Waals surface area contributed by atoms with Crippen molar-refractivity contribution >= 4 is 11.6 Å². The Morgan fingerprint density at radius 1 is 1.28 bits per heavy atom. The summed E-state index contributed by atoms with van der Waals surface area (Å²) in [5, 5.41) is 3.35. The second kappa shape index (κ2) is 8.01. The summed E-state index contributed by atoms with van der Waals surface area (Å²) in [4.78, 5) is 18.8. The Kier molecular flexibility index (Phi) is 5.53. The number of rotatable bonds is 5. The van der Waals surface area contributed by atoms with Gasteiger partial charge in [0.25, 0.3) is 5.91 Å². The lowest BCUT2D eigenvalue weighted by atomic mass is 9.99. The van der Waals surface area contributed by atoms with E-state index < -0.39 is 0 Å². The van der Waals surface area contributed by atoms with Crippen molar-refractivity contribution in [1.82, 2.24) is 9.88 Å². The second-order valence-corrected chi connectivity index (χ2v) is 6.57. The first kappa shape index (κ1) is 17.3. The van der Waals surface area contributed by atoms with E-state index in [0.717, 1.165) is 42.9 Å². The summed E-state index contributed by atoms with van der Waals surface area (Å²) < 4.78 is 5.37. The van der Waals surface area contributed by atoms with E-state index in [1.807, 2.05) is 41.3 Å². The maximum atomic E-state index is 12.6. The molecule has 1 fully saturated rings. The third-order valence-electron chi connectivity index (χ3n) is 4.73. The molecule has 132 valence electrons. The minimum Gasteiger partial charge on any atom is -0.496 e. The summed E-state index contributed by atoms with van der Waals surface area (Å²) >= 11 is 0. The van der Waals surface area contributed by atoms with Crippen molar-refractivity contribution in [2.24, 2.45) is 5.92 Å². The second-order valence-electron chi connectivity index (χ2n) is 6.57. The zero-order chi connectivity index (χ0) is 17.6. The zero-order valence-corrected chi connectivity index (χ0v) is 14.9. The van der Waals surface area contributed by atoms with Crippen molar-refractivity contribution < 1.29 is 9.53 Å². The summed E-state index contributed by atoms with van der Waals surface area (Å²) in [5.74, 6) is 1.57. The van der Waals surface area contributed by atoms with Crippen molar-refractivity contribution in [3.05, 3.63) is 53.9 Å². The third kappa shape index (κ3) is 4.29. The summed E-state index contributed by atoms with van der Waals surface area (Å²) in [5.41, 5.74) is 2.45. The molecule has 0 saturated carbocycles. The first-order valence-corrected chi connectivity index (χ1v) is 8.78. The molecule has 0 bridgehead atoms. The molecular formula is C20H25N3O2. The van der Waals surface area contributed by atoms with E-state index in [2.05, 4.69) is 17.2 Å². The first-order valence-electron chi connectivity index (χ1n) is 8.78. The molecule has 1 aromatic heterocycles. The van der Waals surface area contributed by atoms with Gasteiger partial charge in [0.15, 0.2) is 0 Å². The fourth-order valence-electron chi connectivity index (χ4n) is 3.08. The Balaban J connectivity index is 1.66. The van der Waals surface area contributed by atoms with Crippen LogP contribution in [0.1, 0.15) is 35.8 Å². The van der Waals surface area contributed by atoms with Gasteiger partial charge in [0.1, 0.15) is 11.4 Å². The standard InChI is InChI=1S/C20H25N3O2/c1-15-8-11-23(12-9-15)20(24)18-13-17(7-10-21-18)22-14-16-5-3-4-6-19(16)25-2/h3-7,10,13,15H,8-9,11-12,14H2,1-2H3,(H,21,22). The number of hydrogen-bond acceptors (Lipinski definition) is 4. The summed E-state index contributed by atoms with van der Waals surface area (Å²) in [6.45, 7) is 4.51. The van der Waals surface area contributed by atoms with Crippen molar-refractivity contribution in [2.45, 2.75) is 26.3 Å². The number of anilines is 1. The number of aromatic nitrogens is 1. The number of hydrogen-bond donors (Lipinski definition) is 1. The number of amides is 1. The highest BCUT2D eigenvalue weighted by atomic mass is 16.5. The van der Waals surface area contributed by atoms with Gasteiger partial charge in [-0.25, -0.2) is 0 Å². The molecule has 1 amide bonds. The van der Waals surface area contributed by atoms with Crippen LogP contribution in [0.25, 0.3) is 0 Å². The van der Waals surface area contributed by atoms with Crippen LogP contribution < -0.4 is 10.1 Å². The van der Waals surface area contributed by atoms with Gasteiger partial charge in [-0.3, -0.25) is 9.78 Å². The van der Waals surface area contributed by atoms with Crippen LogP contribution >= 0.6 is 0 Å². The van der Waals surface area contributed by atoms with Gasteiger partial charge in [-0.15, -0.1) is 0 Å². The largest absolute Gasteiger partial charge is 0.496 e. The molecule has 1 saturated heterocycles. The molecule has 1 aliphatic heterocycles. The maximum Gasteiger partial charge on any atom is 0.272 e. The highest BCUT2D eigenvalue weighted by Gasteiger charge is 2.22. The smallest absolute Gasteiger partial charge is 0.272 e. The lowest BCUT2D eigenvalue weighted by molar-refractivity contribution is 0.0691. The lowest BCUT2D eigenvalue weighted by Gasteiger charge is -2.30. The van der Waals surface area contributed by atoms with Gasteiger partial charge < -0.3 is 15.0 Å². The molecule has 0 unspecified atom stereocenters. The van der Waals surface area contributed by atoms with E-state index in [9.17, 15) is 4.79 Å². The van der Waals surface area contributed by atoms with Crippen LogP contribution in [0.15, 0.2) is 42.6 Å². The highest BCUT2D eigenvalue weighted by molar-refractivity contribution is 5.93. The summed E-state index contributed by atoms with van der Waals surface area (Å²) in [7, 11) is 1.67. The van der Waals surface area contributed by atoms with Crippen LogP contribution in [-0.2, 0) is 6.54 Å². The number of nitrogens with zero attached hydrogens (tertiary/aromatic N) is 2. The Labute approximate surface area is 149 Å². The molecule has 1 N–H and O–H groups in total. The molecule has 2 heterocycles. The topological polar surface area (TPSA) is 54.5 Å². The molecule has 1 aliphatic rings. The molecular weight excluding hydrogens is 314 g/mol. The van der Waals surface area contributed by atoms with E-state index in [0.29, 0.717) is 18.2 Å². The predicted molar refractivity (Wildman–Crippen MR) is 98.9 cm³/mol. The van der Waals surface area contributed by atoms with Gasteiger partial charge in [0, 0.05) is 37.1 Å². The van der Waals surface area contributed by atoms with Gasteiger partial charge >= 0.3 is 0 Å². The van der Waals surface area contributed by atoms with E-state index in [1.54, 1.807) is 13.3 Å². The van der Waals surface area contributed by atoms with Gasteiger partial charge in [-0.2, -0.15) is 0 Å². The molecule has 2 aromatic rings. The fraction of sp³-hybridized carbons (Fsp3) is 0.400. The lowest BCUT2D eigenvalue weighted by Crippen LogP contribution is -2.38. The number of piperidine rings is 1. The number of methoxy groups -OCH3 is 1. The van der Waals surface area contributed by atoms with Crippen molar-refractivity contribution in [3.8, 4) is 5.75 Å². The molecule has 3 rings (SSSR count). The minimum absolute atomic E-state index is 0.0211. The van der Waals surface area contributed by atoms with E-state index in [-0.39, 0.29) is 5.91 Å². The van der Waals surface area contributed by atoms with Crippen molar-refractivity contribution in [1.29, 1.82) is 0 Å². The van der Waals surface area contributed by atoms with E-state index in [1.165, 1.54) is 0 Å². The molecule has 0 spiro atoms. The minimum atomic E-state index is 0.0211. The van der Waals surface area contributed by atoms with Crippen LogP contribution in [0.5, 0.6) is 5.75 Å². The van der Waals surface area contributed by atoms with Gasteiger partial charge in [-0.05, 0) is 37.0 Å². The van der Waals surface area contributed by atoms with Crippen LogP contribution in [0.3, 0.4) is 0 Å². The first-order chi connectivity index (χ1) is 12.2. The monoisotopic (exact) mass is 339 g/mol. The van der Waals surface area contributed by atoms with Crippen LogP contribution in [-0.4, -0.2) is 36.0 Å². The van der Waals surface area contributed by atoms with E-state index in [4.69, 9.17) is 4.74 Å². The Morgan fingerprint density at radius 2 is 2.04 bits per heavy atom. The average molecular weight is 339 g/mol. The van der Waals surface area contributed by atoms with Gasteiger partial charge in [-0.1, -0.05) is 25.1 Å². The quantitative estimate of drug-likeness (QED) is 0.905. The number of carbonyl (C=O) groups excluding carboxylic acids is 1. The number of ether oxygens (including phenoxy) is 1. The van der Waals surface area contributed by atoms with Crippen LogP contribution in [0, 0.1) is 5.92 Å². The Morgan fingerprint density at radius 3 is 2.80 bits per heavy atom. The number of carbonyl (C=O) groups is 1. The molecule has 5 nitrogen and oxygen atoms in total. The maximum absolute atomic E-state index is 12.6. The van der Waals surface area contributed by atoms with Crippen molar-refractivity contribution in [3.63, 3.8) is 0 Å². The molecule has 25 heavy (non-hydrogen) atoms. The van der Waals surface area contributed by atoms with Crippen LogP contribution in [0.4, 0.5) is 5.69 Å². The van der Waals surface area contributed by atoms with E-state index >= 15 is 0 Å². The van der Waals surface area contributed by atoms with Gasteiger partial charge in [0.05, 0.1) is 7.11 Å². The number of nitrogens with one attached hydrogen (secondary N) is 1. The average Bonchev–Trinajstić information content (AvgIpc) is 2.67. The van der Waals surface area contributed by atoms with Crippen molar-refractivity contribution in [2.75, 3.05) is 25.5 Å². The molecule has 5 heteroatoms. The number of likely N-dealkylation sites (tertiary alicyclic amines) is 1. The number of para-hydroxylation sites is 1. The molecule has 1 aromatic carbocycles. The Hall–Kier alpha value is -2.56. The number of benzene rings is 1. The summed E-state index contributed by atoms with van der Waals surface area (Å²) in [6, 6.07) is 11.6.